The Hall–Kier alpha value is -0.980. The van der Waals surface area contributed by atoms with E-state index in [1.54, 1.807) is 18.3 Å². The molecule has 0 amide bonds. The van der Waals surface area contributed by atoms with Gasteiger partial charge in [0.2, 0.25) is 5.88 Å². The highest BCUT2D eigenvalue weighted by Gasteiger charge is 2.10. The van der Waals surface area contributed by atoms with E-state index in [0.29, 0.717) is 15.9 Å². The van der Waals surface area contributed by atoms with Gasteiger partial charge in [-0.15, -0.1) is 0 Å². The van der Waals surface area contributed by atoms with E-state index in [2.05, 4.69) is 36.8 Å². The first-order valence-corrected chi connectivity index (χ1v) is 6.66. The molecule has 0 atom stereocenters. The third-order valence-corrected chi connectivity index (χ3v) is 3.14. The van der Waals surface area contributed by atoms with Crippen LogP contribution in [0.5, 0.6) is 11.6 Å². The predicted octanol–water partition coefficient (Wildman–Crippen LogP) is 4.00. The molecule has 18 heavy (non-hydrogen) atoms. The zero-order valence-corrected chi connectivity index (χ0v) is 12.3. The molecule has 0 bridgehead atoms. The zero-order valence-electron chi connectivity index (χ0n) is 9.16. The monoisotopic (exact) mass is 374 g/mol. The summed E-state index contributed by atoms with van der Waals surface area (Å²) in [5.74, 6) is -0.0401. The first kappa shape index (κ1) is 13.5. The maximum Gasteiger partial charge on any atom is 0.223 e. The quantitative estimate of drug-likeness (QED) is 0.882. The number of nitrogens with two attached hydrogens (primary N) is 1. The molecule has 6 heteroatoms. The Bertz CT molecular complexity index is 578. The lowest BCUT2D eigenvalue weighted by molar-refractivity contribution is 0.422. The molecule has 2 rings (SSSR count). The average Bonchev–Trinajstić information content (AvgIpc) is 2.34. The zero-order chi connectivity index (χ0) is 13.1. The molecule has 0 aliphatic carbocycles. The molecule has 0 fully saturated rings. The lowest BCUT2D eigenvalue weighted by atomic mass is 10.2. The van der Waals surface area contributed by atoms with Crippen molar-refractivity contribution in [3.63, 3.8) is 0 Å². The summed E-state index contributed by atoms with van der Waals surface area (Å²) in [7, 11) is 0. The summed E-state index contributed by atoms with van der Waals surface area (Å²) < 4.78 is 20.5. The number of halogens is 3. The topological polar surface area (TPSA) is 48.1 Å². The average molecular weight is 376 g/mol. The van der Waals surface area contributed by atoms with E-state index < -0.39 is 5.82 Å². The first-order valence-electron chi connectivity index (χ1n) is 5.07. The van der Waals surface area contributed by atoms with Crippen LogP contribution in [0.2, 0.25) is 0 Å². The fraction of sp³-hybridized carbons (Fsp3) is 0.0833. The van der Waals surface area contributed by atoms with Gasteiger partial charge in [-0.05, 0) is 40.2 Å². The first-order chi connectivity index (χ1) is 8.60. The summed E-state index contributed by atoms with van der Waals surface area (Å²) in [5, 5.41) is 0. The molecule has 3 nitrogen and oxygen atoms in total. The van der Waals surface area contributed by atoms with Crippen molar-refractivity contribution in [2.45, 2.75) is 6.54 Å². The summed E-state index contributed by atoms with van der Waals surface area (Å²) >= 11 is 6.47. The Morgan fingerprint density at radius 1 is 1.22 bits per heavy atom. The van der Waals surface area contributed by atoms with Crippen molar-refractivity contribution >= 4 is 31.9 Å². The fourth-order valence-corrected chi connectivity index (χ4v) is 2.08. The fourth-order valence-electron chi connectivity index (χ4n) is 1.37. The van der Waals surface area contributed by atoms with Crippen molar-refractivity contribution in [3.8, 4) is 11.6 Å². The van der Waals surface area contributed by atoms with E-state index >= 15 is 0 Å². The number of hydrogen-bond acceptors (Lipinski definition) is 3. The molecule has 0 unspecified atom stereocenters. The number of aromatic nitrogens is 1. The van der Waals surface area contributed by atoms with Gasteiger partial charge in [0.1, 0.15) is 0 Å². The van der Waals surface area contributed by atoms with E-state index in [0.717, 1.165) is 4.47 Å². The second-order valence-electron chi connectivity index (χ2n) is 3.50. The van der Waals surface area contributed by atoms with Crippen LogP contribution in [0.15, 0.2) is 39.4 Å². The van der Waals surface area contributed by atoms with Crippen LogP contribution >= 0.6 is 31.9 Å². The Labute approximate surface area is 120 Å². The molecule has 1 aromatic carbocycles. The number of hydrogen-bond donors (Lipinski definition) is 1. The highest BCUT2D eigenvalue weighted by atomic mass is 79.9. The summed E-state index contributed by atoms with van der Waals surface area (Å²) in [6, 6.07) is 6.35. The van der Waals surface area contributed by atoms with Gasteiger partial charge < -0.3 is 10.5 Å². The molecular weight excluding hydrogens is 367 g/mol. The van der Waals surface area contributed by atoms with Crippen molar-refractivity contribution in [2.75, 3.05) is 0 Å². The normalized spacial score (nSPS) is 10.4. The van der Waals surface area contributed by atoms with Gasteiger partial charge in [0.05, 0.1) is 0 Å². The Balaban J connectivity index is 2.33. The number of rotatable bonds is 3. The minimum Gasteiger partial charge on any atom is -0.436 e. The minimum atomic E-state index is -0.461. The van der Waals surface area contributed by atoms with Crippen molar-refractivity contribution in [1.82, 2.24) is 4.98 Å². The van der Waals surface area contributed by atoms with E-state index in [1.807, 2.05) is 0 Å². The van der Waals surface area contributed by atoms with Crippen LogP contribution in [-0.2, 0) is 6.54 Å². The van der Waals surface area contributed by atoms with Gasteiger partial charge in [0, 0.05) is 27.3 Å². The molecule has 0 saturated carbocycles. The number of benzene rings is 1. The smallest absolute Gasteiger partial charge is 0.223 e. The predicted molar refractivity (Wildman–Crippen MR) is 74.0 cm³/mol. The number of pyridine rings is 1. The van der Waals surface area contributed by atoms with Gasteiger partial charge in [-0.2, -0.15) is 0 Å². The largest absolute Gasteiger partial charge is 0.436 e. The molecule has 2 aromatic rings. The number of ether oxygens (including phenoxy) is 1. The number of nitrogens with zero attached hydrogens (tertiary/aromatic N) is 1. The van der Waals surface area contributed by atoms with Crippen LogP contribution in [-0.4, -0.2) is 4.98 Å². The van der Waals surface area contributed by atoms with Crippen molar-refractivity contribution in [3.05, 3.63) is 50.8 Å². The van der Waals surface area contributed by atoms with Crippen LogP contribution in [0.25, 0.3) is 0 Å². The summed E-state index contributed by atoms with van der Waals surface area (Å²) in [6.07, 6.45) is 1.57. The van der Waals surface area contributed by atoms with E-state index in [-0.39, 0.29) is 12.3 Å². The Morgan fingerprint density at radius 3 is 2.67 bits per heavy atom. The summed E-state index contributed by atoms with van der Waals surface area (Å²) in [5.41, 5.74) is 6.29. The van der Waals surface area contributed by atoms with E-state index in [9.17, 15) is 4.39 Å². The van der Waals surface area contributed by atoms with Gasteiger partial charge in [0.25, 0.3) is 0 Å². The second-order valence-corrected chi connectivity index (χ2v) is 5.33. The van der Waals surface area contributed by atoms with Crippen LogP contribution < -0.4 is 10.5 Å². The molecule has 0 saturated heterocycles. The summed E-state index contributed by atoms with van der Waals surface area (Å²) in [4.78, 5) is 4.08. The molecule has 0 aliphatic rings. The molecule has 94 valence electrons. The van der Waals surface area contributed by atoms with Crippen LogP contribution in [0.1, 0.15) is 5.56 Å². The van der Waals surface area contributed by atoms with Crippen molar-refractivity contribution < 1.29 is 9.13 Å². The van der Waals surface area contributed by atoms with Crippen LogP contribution in [0, 0.1) is 5.82 Å². The molecule has 0 aliphatic heterocycles. The maximum absolute atomic E-state index is 13.6. The lowest BCUT2D eigenvalue weighted by Crippen LogP contribution is -2.02. The summed E-state index contributed by atoms with van der Waals surface area (Å²) in [6.45, 7) is 0.264. The Morgan fingerprint density at radius 2 is 2.00 bits per heavy atom. The highest BCUT2D eigenvalue weighted by Crippen LogP contribution is 2.28. The third kappa shape index (κ3) is 3.07. The highest BCUT2D eigenvalue weighted by molar-refractivity contribution is 9.10. The Kier molecular flexibility index (Phi) is 4.31. The molecule has 1 heterocycles. The van der Waals surface area contributed by atoms with Crippen LogP contribution in [0.4, 0.5) is 4.39 Å². The van der Waals surface area contributed by atoms with Crippen molar-refractivity contribution in [2.24, 2.45) is 5.73 Å². The van der Waals surface area contributed by atoms with Crippen LogP contribution in [0.3, 0.4) is 0 Å². The molecule has 0 radical (unpaired) electrons. The lowest BCUT2D eigenvalue weighted by Gasteiger charge is -2.09. The molecule has 2 N–H and O–H groups in total. The molecule has 0 spiro atoms. The van der Waals surface area contributed by atoms with E-state index in [4.69, 9.17) is 10.5 Å². The SMILES string of the molecule is NCc1cc(Br)cnc1Oc1ccc(Br)cc1F. The van der Waals surface area contributed by atoms with E-state index in [1.165, 1.54) is 12.1 Å². The van der Waals surface area contributed by atoms with Crippen molar-refractivity contribution in [1.29, 1.82) is 0 Å². The van der Waals surface area contributed by atoms with Gasteiger partial charge in [0.15, 0.2) is 11.6 Å². The maximum atomic E-state index is 13.6. The molecular formula is C12H9Br2FN2O. The van der Waals surface area contributed by atoms with Gasteiger partial charge in [-0.1, -0.05) is 15.9 Å². The minimum absolute atomic E-state index is 0.114. The van der Waals surface area contributed by atoms with Gasteiger partial charge >= 0.3 is 0 Å². The third-order valence-electron chi connectivity index (χ3n) is 2.21. The standard InChI is InChI=1S/C12H9Br2FN2O/c13-8-1-2-11(10(15)4-8)18-12-7(5-16)3-9(14)6-17-12/h1-4,6H,5,16H2. The van der Waals surface area contributed by atoms with Gasteiger partial charge in [-0.3, -0.25) is 0 Å². The van der Waals surface area contributed by atoms with Gasteiger partial charge in [-0.25, -0.2) is 9.37 Å². The molecule has 1 aromatic heterocycles. The second kappa shape index (κ2) is 5.77.